The Morgan fingerprint density at radius 2 is 1.83 bits per heavy atom. The minimum atomic E-state index is -3.48. The van der Waals surface area contributed by atoms with Gasteiger partial charge >= 0.3 is 0 Å². The highest BCUT2D eigenvalue weighted by atomic mass is 32.2. The quantitative estimate of drug-likeness (QED) is 0.903. The third-order valence-corrected chi connectivity index (χ3v) is 6.11. The zero-order valence-corrected chi connectivity index (χ0v) is 14.7. The first-order chi connectivity index (χ1) is 11.6. The van der Waals surface area contributed by atoms with Crippen LogP contribution in [0.1, 0.15) is 37.7 Å². The second kappa shape index (κ2) is 7.40. The number of hydrogen-bond acceptors (Lipinski definition) is 4. The van der Waals surface area contributed by atoms with E-state index in [2.05, 4.69) is 14.7 Å². The molecule has 1 heterocycles. The van der Waals surface area contributed by atoms with Crippen LogP contribution in [0.2, 0.25) is 0 Å². The van der Waals surface area contributed by atoms with Gasteiger partial charge in [0, 0.05) is 18.0 Å². The molecule has 1 saturated carbocycles. The predicted octanol–water partition coefficient (Wildman–Crippen LogP) is 3.17. The molecule has 0 unspecified atom stereocenters. The average molecular weight is 345 g/mol. The molecule has 1 fully saturated rings. The maximum Gasteiger partial charge on any atom is 0.240 e. The molecule has 0 spiro atoms. The Labute approximate surface area is 143 Å². The van der Waals surface area contributed by atoms with Gasteiger partial charge in [0.1, 0.15) is 0 Å². The fourth-order valence-electron chi connectivity index (χ4n) is 3.37. The third-order valence-electron chi connectivity index (χ3n) is 4.70. The summed E-state index contributed by atoms with van der Waals surface area (Å²) in [5.74, 6) is 1.24. The summed E-state index contributed by atoms with van der Waals surface area (Å²) in [7, 11) is -2.06. The van der Waals surface area contributed by atoms with Gasteiger partial charge in [0.05, 0.1) is 4.90 Å². The van der Waals surface area contributed by atoms with E-state index < -0.39 is 10.0 Å². The first-order valence-corrected chi connectivity index (χ1v) is 9.92. The maximum atomic E-state index is 12.1. The molecule has 2 aromatic rings. The molecular formula is C18H23N3O2S. The number of aromatic nitrogens is 2. The Bertz CT molecular complexity index is 785. The average Bonchev–Trinajstić information content (AvgIpc) is 2.63. The van der Waals surface area contributed by atoms with E-state index in [0.29, 0.717) is 11.7 Å². The van der Waals surface area contributed by atoms with Crippen molar-refractivity contribution in [2.75, 3.05) is 7.05 Å². The molecule has 1 aromatic carbocycles. The van der Waals surface area contributed by atoms with Crippen molar-refractivity contribution in [3.63, 3.8) is 0 Å². The Kier molecular flexibility index (Phi) is 5.26. The van der Waals surface area contributed by atoms with Crippen LogP contribution >= 0.6 is 0 Å². The highest BCUT2D eigenvalue weighted by Gasteiger charge is 2.20. The van der Waals surface area contributed by atoms with Crippen LogP contribution < -0.4 is 4.72 Å². The van der Waals surface area contributed by atoms with Gasteiger partial charge in [0.2, 0.25) is 10.0 Å². The molecule has 0 radical (unpaired) electrons. The monoisotopic (exact) mass is 345 g/mol. The predicted molar refractivity (Wildman–Crippen MR) is 94.0 cm³/mol. The molecule has 3 rings (SSSR count). The number of nitrogens with zero attached hydrogens (tertiary/aromatic N) is 2. The number of nitrogens with one attached hydrogen (secondary N) is 1. The Morgan fingerprint density at radius 1 is 1.12 bits per heavy atom. The molecule has 0 atom stereocenters. The topological polar surface area (TPSA) is 72.0 Å². The normalized spacial score (nSPS) is 16.2. The second-order valence-corrected chi connectivity index (χ2v) is 8.19. The number of sulfonamides is 1. The lowest BCUT2D eigenvalue weighted by Gasteiger charge is -2.22. The van der Waals surface area contributed by atoms with Crippen LogP contribution in [0.15, 0.2) is 41.6 Å². The minimum Gasteiger partial charge on any atom is -0.237 e. The molecule has 24 heavy (non-hydrogen) atoms. The van der Waals surface area contributed by atoms with Crippen molar-refractivity contribution in [3.05, 3.63) is 42.2 Å². The molecule has 128 valence electrons. The number of rotatable bonds is 5. The Balaban J connectivity index is 2.01. The molecule has 0 amide bonds. The van der Waals surface area contributed by atoms with E-state index >= 15 is 0 Å². The van der Waals surface area contributed by atoms with Crippen LogP contribution in [-0.2, 0) is 16.4 Å². The first-order valence-electron chi connectivity index (χ1n) is 8.44. The van der Waals surface area contributed by atoms with Gasteiger partial charge in [-0.05, 0) is 43.1 Å². The van der Waals surface area contributed by atoms with Crippen LogP contribution in [-0.4, -0.2) is 25.4 Å². The van der Waals surface area contributed by atoms with Crippen molar-refractivity contribution >= 4 is 10.0 Å². The molecule has 1 aliphatic carbocycles. The van der Waals surface area contributed by atoms with Crippen molar-refractivity contribution < 1.29 is 8.42 Å². The lowest BCUT2D eigenvalue weighted by Crippen LogP contribution is -2.19. The molecule has 0 aliphatic heterocycles. The first kappa shape index (κ1) is 17.0. The third kappa shape index (κ3) is 3.82. The van der Waals surface area contributed by atoms with Gasteiger partial charge in [-0.3, -0.25) is 0 Å². The fourth-order valence-corrected chi connectivity index (χ4v) is 4.12. The summed E-state index contributed by atoms with van der Waals surface area (Å²) in [4.78, 5) is 8.90. The SMILES string of the molecule is CNS(=O)(=O)c1ccc(CC2CCCCC2)c(-c2ncccn2)c1. The van der Waals surface area contributed by atoms with Crippen LogP contribution in [0.5, 0.6) is 0 Å². The van der Waals surface area contributed by atoms with Gasteiger partial charge in [-0.1, -0.05) is 38.2 Å². The van der Waals surface area contributed by atoms with E-state index in [9.17, 15) is 8.42 Å². The molecular weight excluding hydrogens is 322 g/mol. The fraction of sp³-hybridized carbons (Fsp3) is 0.444. The highest BCUT2D eigenvalue weighted by molar-refractivity contribution is 7.89. The highest BCUT2D eigenvalue weighted by Crippen LogP contribution is 2.31. The standard InChI is InChI=1S/C18H23N3O2S/c1-19-24(22,23)16-9-8-15(12-14-6-3-2-4-7-14)17(13-16)18-20-10-5-11-21-18/h5,8-11,13-14,19H,2-4,6-7,12H2,1H3. The van der Waals surface area contributed by atoms with Gasteiger partial charge in [0.25, 0.3) is 0 Å². The lowest BCUT2D eigenvalue weighted by molar-refractivity contribution is 0.357. The van der Waals surface area contributed by atoms with Gasteiger partial charge < -0.3 is 0 Å². The van der Waals surface area contributed by atoms with Gasteiger partial charge in [-0.25, -0.2) is 23.1 Å². The summed E-state index contributed by atoms with van der Waals surface area (Å²) >= 11 is 0. The van der Waals surface area contributed by atoms with Crippen molar-refractivity contribution in [3.8, 4) is 11.4 Å². The van der Waals surface area contributed by atoms with Gasteiger partial charge in [-0.2, -0.15) is 0 Å². The summed E-state index contributed by atoms with van der Waals surface area (Å²) < 4.78 is 26.6. The van der Waals surface area contributed by atoms with E-state index in [1.54, 1.807) is 30.6 Å². The van der Waals surface area contributed by atoms with E-state index in [1.165, 1.54) is 39.2 Å². The molecule has 0 bridgehead atoms. The summed E-state index contributed by atoms with van der Waals surface area (Å²) in [6, 6.07) is 7.05. The molecule has 1 N–H and O–H groups in total. The van der Waals surface area contributed by atoms with E-state index in [0.717, 1.165) is 17.5 Å². The summed E-state index contributed by atoms with van der Waals surface area (Å²) in [5.41, 5.74) is 1.95. The van der Waals surface area contributed by atoms with Crippen molar-refractivity contribution in [1.82, 2.24) is 14.7 Å². The van der Waals surface area contributed by atoms with Crippen molar-refractivity contribution in [1.29, 1.82) is 0 Å². The van der Waals surface area contributed by atoms with Crippen molar-refractivity contribution in [2.24, 2.45) is 5.92 Å². The van der Waals surface area contributed by atoms with Crippen LogP contribution in [0.3, 0.4) is 0 Å². The lowest BCUT2D eigenvalue weighted by atomic mass is 9.84. The van der Waals surface area contributed by atoms with E-state index in [1.807, 2.05) is 6.07 Å². The summed E-state index contributed by atoms with van der Waals surface area (Å²) in [6.07, 6.45) is 10.7. The second-order valence-electron chi connectivity index (χ2n) is 6.31. The summed E-state index contributed by atoms with van der Waals surface area (Å²) in [6.45, 7) is 0. The number of hydrogen-bond donors (Lipinski definition) is 1. The van der Waals surface area contributed by atoms with Crippen LogP contribution in [0, 0.1) is 5.92 Å². The Morgan fingerprint density at radius 3 is 2.50 bits per heavy atom. The Hall–Kier alpha value is -1.79. The summed E-state index contributed by atoms with van der Waals surface area (Å²) in [5, 5.41) is 0. The number of benzene rings is 1. The van der Waals surface area contributed by atoms with Gasteiger partial charge in [0.15, 0.2) is 5.82 Å². The molecule has 1 aromatic heterocycles. The molecule has 6 heteroatoms. The minimum absolute atomic E-state index is 0.250. The molecule has 5 nitrogen and oxygen atoms in total. The van der Waals surface area contributed by atoms with E-state index in [4.69, 9.17) is 0 Å². The van der Waals surface area contributed by atoms with Crippen LogP contribution in [0.25, 0.3) is 11.4 Å². The maximum absolute atomic E-state index is 12.1. The van der Waals surface area contributed by atoms with Gasteiger partial charge in [-0.15, -0.1) is 0 Å². The smallest absolute Gasteiger partial charge is 0.237 e. The van der Waals surface area contributed by atoms with Crippen LogP contribution in [0.4, 0.5) is 0 Å². The molecule has 1 aliphatic rings. The molecule has 0 saturated heterocycles. The zero-order chi connectivity index (χ0) is 17.0. The van der Waals surface area contributed by atoms with Crippen molar-refractivity contribution in [2.45, 2.75) is 43.4 Å². The zero-order valence-electron chi connectivity index (χ0n) is 13.9. The van der Waals surface area contributed by atoms with E-state index in [-0.39, 0.29) is 4.90 Å². The largest absolute Gasteiger partial charge is 0.240 e.